The van der Waals surface area contributed by atoms with Crippen LogP contribution in [0.15, 0.2) is 29.2 Å². The van der Waals surface area contributed by atoms with Crippen LogP contribution in [0.1, 0.15) is 16.8 Å². The molecule has 4 atom stereocenters. The number of aliphatic hydroxyl groups is 4. The highest BCUT2D eigenvalue weighted by Gasteiger charge is 2.26. The summed E-state index contributed by atoms with van der Waals surface area (Å²) in [5, 5.41) is 37.8. The minimum absolute atomic E-state index is 0.0631. The molecule has 0 bridgehead atoms. The molecule has 22 heavy (non-hydrogen) atoms. The molecule has 1 rings (SSSR count). The first kappa shape index (κ1) is 18.9. The van der Waals surface area contributed by atoms with E-state index in [9.17, 15) is 24.3 Å². The summed E-state index contributed by atoms with van der Waals surface area (Å²) >= 11 is 0. The molecule has 0 saturated carbocycles. The molecule has 0 fully saturated rings. The number of hydrogen-bond donors (Lipinski definition) is 4. The van der Waals surface area contributed by atoms with Crippen LogP contribution in [0.3, 0.4) is 0 Å². The van der Waals surface area contributed by atoms with Gasteiger partial charge in [-0.05, 0) is 18.6 Å². The van der Waals surface area contributed by atoms with Gasteiger partial charge in [-0.15, -0.1) is 0 Å². The fourth-order valence-electron chi connectivity index (χ4n) is 1.88. The highest BCUT2D eigenvalue weighted by Crippen LogP contribution is 2.13. The summed E-state index contributed by atoms with van der Waals surface area (Å²) in [6.07, 6.45) is -3.46. The molecule has 0 spiro atoms. The zero-order chi connectivity index (χ0) is 16.7. The first-order valence-electron chi connectivity index (χ1n) is 6.74. The van der Waals surface area contributed by atoms with E-state index in [1.807, 2.05) is 0 Å². The summed E-state index contributed by atoms with van der Waals surface area (Å²) in [5.74, 6) is 0. The second-order valence-corrected chi connectivity index (χ2v) is 6.48. The van der Waals surface area contributed by atoms with Gasteiger partial charge in [0.15, 0.2) is 0 Å². The van der Waals surface area contributed by atoms with Crippen LogP contribution in [-0.2, 0) is 11.0 Å². The van der Waals surface area contributed by atoms with Crippen LogP contribution in [0.2, 0.25) is 0 Å². The second-order valence-electron chi connectivity index (χ2n) is 4.89. The maximum Gasteiger partial charge on any atom is 0.150 e. The predicted molar refractivity (Wildman–Crippen MR) is 80.6 cm³/mol. The van der Waals surface area contributed by atoms with Crippen molar-refractivity contribution in [3.63, 3.8) is 0 Å². The Labute approximate surface area is 131 Å². The Kier molecular flexibility index (Phi) is 7.80. The van der Waals surface area contributed by atoms with Gasteiger partial charge in [0, 0.05) is 25.8 Å². The summed E-state index contributed by atoms with van der Waals surface area (Å²) in [7, 11) is -0.138. The molecule has 0 saturated heterocycles. The first-order valence-corrected chi connectivity index (χ1v) is 7.84. The number of carbonyl (C=O) groups is 1. The van der Waals surface area contributed by atoms with Gasteiger partial charge >= 0.3 is 0 Å². The Hall–Kier alpha value is -1.16. The monoisotopic (exact) mass is 331 g/mol. The standard InChI is InChI=1S/C14H21NO6S/c1-15(8-13(19)14(20)12(18)5-6-16)22(21)11-4-2-3-10(7-11)9-17/h2-4,7,9,12-14,16,18-20H,5-6,8H2,1H3. The molecule has 0 radical (unpaired) electrons. The van der Waals surface area contributed by atoms with Gasteiger partial charge in [0.1, 0.15) is 23.4 Å². The van der Waals surface area contributed by atoms with Crippen LogP contribution in [0.4, 0.5) is 0 Å². The average molecular weight is 331 g/mol. The fraction of sp³-hybridized carbons (Fsp3) is 0.500. The number of rotatable bonds is 9. The Morgan fingerprint density at radius 2 is 1.95 bits per heavy atom. The Bertz CT molecular complexity index is 512. The third-order valence-corrected chi connectivity index (χ3v) is 4.51. The SMILES string of the molecule is CN(CC(O)C(O)C(O)CCO)S(=O)c1cccc(C=O)c1. The molecule has 8 heteroatoms. The maximum atomic E-state index is 12.3. The van der Waals surface area contributed by atoms with E-state index in [0.29, 0.717) is 16.7 Å². The van der Waals surface area contributed by atoms with Crippen molar-refractivity contribution < 1.29 is 29.4 Å². The van der Waals surface area contributed by atoms with Crippen molar-refractivity contribution in [1.82, 2.24) is 4.31 Å². The highest BCUT2D eigenvalue weighted by molar-refractivity contribution is 7.82. The average Bonchev–Trinajstić information content (AvgIpc) is 2.53. The summed E-state index contributed by atoms with van der Waals surface area (Å²) in [5.41, 5.74) is 0.387. The van der Waals surface area contributed by atoms with Crippen molar-refractivity contribution in [1.29, 1.82) is 0 Å². The summed E-state index contributed by atoms with van der Waals surface area (Å²) in [6.45, 7) is -0.465. The lowest BCUT2D eigenvalue weighted by Crippen LogP contribution is -2.44. The highest BCUT2D eigenvalue weighted by atomic mass is 32.2. The van der Waals surface area contributed by atoms with Crippen molar-refractivity contribution >= 4 is 17.3 Å². The van der Waals surface area contributed by atoms with Crippen LogP contribution in [0.25, 0.3) is 0 Å². The molecule has 0 aliphatic heterocycles. The van der Waals surface area contributed by atoms with E-state index < -0.39 is 29.3 Å². The van der Waals surface area contributed by atoms with E-state index in [1.165, 1.54) is 17.4 Å². The van der Waals surface area contributed by atoms with Gasteiger partial charge in [-0.2, -0.15) is 0 Å². The zero-order valence-corrected chi connectivity index (χ0v) is 13.0. The third-order valence-electron chi connectivity index (χ3n) is 3.14. The molecule has 4 unspecified atom stereocenters. The zero-order valence-electron chi connectivity index (χ0n) is 12.2. The number of nitrogens with zero attached hydrogens (tertiary/aromatic N) is 1. The predicted octanol–water partition coefficient (Wildman–Crippen LogP) is -1.08. The minimum atomic E-state index is -1.62. The number of carbonyl (C=O) groups excluding carboxylic acids is 1. The van der Waals surface area contributed by atoms with Crippen LogP contribution < -0.4 is 0 Å². The molecule has 0 heterocycles. The Balaban J connectivity index is 2.68. The number of likely N-dealkylation sites (N-methyl/N-ethyl adjacent to an activating group) is 1. The molecule has 0 aliphatic carbocycles. The molecular weight excluding hydrogens is 310 g/mol. The van der Waals surface area contributed by atoms with E-state index in [0.717, 1.165) is 0 Å². The van der Waals surface area contributed by atoms with Gasteiger partial charge in [0.25, 0.3) is 0 Å². The van der Waals surface area contributed by atoms with E-state index in [1.54, 1.807) is 18.2 Å². The van der Waals surface area contributed by atoms with Crippen molar-refractivity contribution in [2.45, 2.75) is 29.6 Å². The Morgan fingerprint density at radius 1 is 1.27 bits per heavy atom. The largest absolute Gasteiger partial charge is 0.396 e. The van der Waals surface area contributed by atoms with Gasteiger partial charge in [0.05, 0.1) is 17.1 Å². The van der Waals surface area contributed by atoms with E-state index in [4.69, 9.17) is 5.11 Å². The molecule has 0 amide bonds. The van der Waals surface area contributed by atoms with Gasteiger partial charge in [-0.3, -0.25) is 4.79 Å². The molecule has 0 aromatic heterocycles. The third kappa shape index (κ3) is 5.24. The first-order chi connectivity index (χ1) is 10.4. The molecule has 1 aromatic carbocycles. The summed E-state index contributed by atoms with van der Waals surface area (Å²) in [6, 6.07) is 6.24. The number of hydrogen-bond acceptors (Lipinski definition) is 6. The lowest BCUT2D eigenvalue weighted by molar-refractivity contribution is -0.0681. The molecule has 4 N–H and O–H groups in total. The van der Waals surface area contributed by atoms with Crippen LogP contribution in [0, 0.1) is 0 Å². The van der Waals surface area contributed by atoms with E-state index in [2.05, 4.69) is 0 Å². The van der Waals surface area contributed by atoms with E-state index in [-0.39, 0.29) is 19.6 Å². The molecule has 0 aliphatic rings. The minimum Gasteiger partial charge on any atom is -0.396 e. The number of aldehydes is 1. The van der Waals surface area contributed by atoms with Crippen LogP contribution >= 0.6 is 0 Å². The fourth-order valence-corrected chi connectivity index (χ4v) is 2.95. The van der Waals surface area contributed by atoms with Gasteiger partial charge < -0.3 is 20.4 Å². The van der Waals surface area contributed by atoms with Gasteiger partial charge in [-0.25, -0.2) is 8.51 Å². The molecule has 124 valence electrons. The quantitative estimate of drug-likeness (QED) is 0.428. The van der Waals surface area contributed by atoms with Crippen molar-refractivity contribution in [2.75, 3.05) is 20.2 Å². The number of benzene rings is 1. The van der Waals surface area contributed by atoms with Crippen molar-refractivity contribution in [2.24, 2.45) is 0 Å². The topological polar surface area (TPSA) is 118 Å². The molecule has 1 aromatic rings. The van der Waals surface area contributed by atoms with E-state index >= 15 is 0 Å². The second kappa shape index (κ2) is 9.09. The smallest absolute Gasteiger partial charge is 0.150 e. The lowest BCUT2D eigenvalue weighted by Gasteiger charge is -2.26. The summed E-state index contributed by atoms with van der Waals surface area (Å²) < 4.78 is 13.6. The summed E-state index contributed by atoms with van der Waals surface area (Å²) in [4.78, 5) is 11.1. The van der Waals surface area contributed by atoms with Crippen molar-refractivity contribution in [3.05, 3.63) is 29.8 Å². The Morgan fingerprint density at radius 3 is 2.55 bits per heavy atom. The maximum absolute atomic E-state index is 12.3. The molecule has 7 nitrogen and oxygen atoms in total. The molecular formula is C14H21NO6S. The lowest BCUT2D eigenvalue weighted by atomic mass is 10.1. The van der Waals surface area contributed by atoms with Gasteiger partial charge in [0.2, 0.25) is 0 Å². The van der Waals surface area contributed by atoms with Gasteiger partial charge in [-0.1, -0.05) is 12.1 Å². The van der Waals surface area contributed by atoms with Crippen LogP contribution in [-0.4, -0.2) is 73.7 Å². The normalized spacial score (nSPS) is 17.0. The van der Waals surface area contributed by atoms with Crippen molar-refractivity contribution in [3.8, 4) is 0 Å². The number of aliphatic hydroxyl groups excluding tert-OH is 4. The van der Waals surface area contributed by atoms with Crippen LogP contribution in [0.5, 0.6) is 0 Å².